The number of anilines is 1. The molecule has 36 heavy (non-hydrogen) atoms. The summed E-state index contributed by atoms with van der Waals surface area (Å²) < 4.78 is 16.9. The fourth-order valence-electron chi connectivity index (χ4n) is 4.49. The zero-order chi connectivity index (χ0) is 26.2. The van der Waals surface area contributed by atoms with Crippen LogP contribution in [0.3, 0.4) is 0 Å². The van der Waals surface area contributed by atoms with E-state index in [9.17, 15) is 9.59 Å². The first-order valence-corrected chi connectivity index (χ1v) is 13.2. The summed E-state index contributed by atoms with van der Waals surface area (Å²) in [5.41, 5.74) is 3.42. The van der Waals surface area contributed by atoms with Gasteiger partial charge in [-0.05, 0) is 38.5 Å². The summed E-state index contributed by atoms with van der Waals surface area (Å²) in [6, 6.07) is 14.4. The van der Waals surface area contributed by atoms with Crippen molar-refractivity contribution in [2.45, 2.75) is 58.2 Å². The molecule has 2 heterocycles. The van der Waals surface area contributed by atoms with Crippen LogP contribution in [0, 0.1) is 12.7 Å². The van der Waals surface area contributed by atoms with Gasteiger partial charge in [0.15, 0.2) is 0 Å². The summed E-state index contributed by atoms with van der Waals surface area (Å²) in [7, 11) is 0. The molecule has 0 saturated heterocycles. The van der Waals surface area contributed by atoms with Crippen LogP contribution in [-0.4, -0.2) is 39.9 Å². The van der Waals surface area contributed by atoms with E-state index in [-0.39, 0.29) is 36.0 Å². The molecule has 1 aliphatic heterocycles. The molecule has 0 radical (unpaired) electrons. The number of nitrogens with zero attached hydrogens (tertiary/aromatic N) is 3. The average molecular weight is 509 g/mol. The lowest BCUT2D eigenvalue weighted by Gasteiger charge is -2.25. The van der Waals surface area contributed by atoms with E-state index >= 15 is 4.39 Å². The van der Waals surface area contributed by atoms with Crippen molar-refractivity contribution >= 4 is 29.4 Å². The second-order valence-corrected chi connectivity index (χ2v) is 11.5. The number of carbonyl (C=O) groups excluding carboxylic acids is 2. The van der Waals surface area contributed by atoms with Gasteiger partial charge in [0.2, 0.25) is 11.8 Å². The van der Waals surface area contributed by atoms with Crippen LogP contribution >= 0.6 is 11.8 Å². The Hall–Kier alpha value is -3.13. The molecule has 190 valence electrons. The van der Waals surface area contributed by atoms with Gasteiger partial charge in [0.25, 0.3) is 0 Å². The Morgan fingerprint density at radius 3 is 2.47 bits per heavy atom. The Morgan fingerprint density at radius 1 is 1.17 bits per heavy atom. The number of hydrogen-bond acceptors (Lipinski definition) is 4. The van der Waals surface area contributed by atoms with E-state index < -0.39 is 10.7 Å². The van der Waals surface area contributed by atoms with Gasteiger partial charge in [-0.1, -0.05) is 57.2 Å². The third-order valence-corrected chi connectivity index (χ3v) is 7.32. The highest BCUT2D eigenvalue weighted by Gasteiger charge is 2.40. The van der Waals surface area contributed by atoms with Crippen LogP contribution in [0.1, 0.15) is 62.3 Å². The maximum atomic E-state index is 15.2. The molecular formula is C28H33FN4O2S. The molecule has 0 bridgehead atoms. The first kappa shape index (κ1) is 25.9. The molecule has 0 saturated carbocycles. The number of nitrogens with one attached hydrogen (secondary N) is 1. The van der Waals surface area contributed by atoms with Crippen LogP contribution in [0.2, 0.25) is 0 Å². The Balaban J connectivity index is 2.05. The van der Waals surface area contributed by atoms with E-state index in [4.69, 9.17) is 5.10 Å². The molecule has 2 amide bonds. The van der Waals surface area contributed by atoms with Gasteiger partial charge in [-0.15, -0.1) is 11.8 Å². The van der Waals surface area contributed by atoms with Crippen LogP contribution < -0.4 is 10.2 Å². The number of para-hydroxylation sites is 1. The average Bonchev–Trinajstić information content (AvgIpc) is 3.13. The van der Waals surface area contributed by atoms with Gasteiger partial charge < -0.3 is 5.32 Å². The van der Waals surface area contributed by atoms with Gasteiger partial charge in [-0.25, -0.2) is 9.07 Å². The normalized spacial score (nSPS) is 16.2. The number of thioether (sulfide) groups is 1. The fourth-order valence-corrected chi connectivity index (χ4v) is 5.71. The fraction of sp³-hybridized carbons (Fsp3) is 0.393. The molecule has 2 aromatic carbocycles. The second-order valence-electron chi connectivity index (χ2n) is 10.4. The van der Waals surface area contributed by atoms with Gasteiger partial charge in [-0.3, -0.25) is 14.5 Å². The second kappa shape index (κ2) is 10.1. The maximum absolute atomic E-state index is 15.2. The maximum Gasteiger partial charge on any atom is 0.240 e. The SMILES string of the molecule is Cc1ccccc1-n1nc(C(C)(C)C)c2c1N(CC(=O)NC(C)C)C(=O)CSC2c1ccccc1F. The zero-order valence-electron chi connectivity index (χ0n) is 21.6. The minimum Gasteiger partial charge on any atom is -0.352 e. The molecule has 1 aliphatic rings. The summed E-state index contributed by atoms with van der Waals surface area (Å²) in [4.78, 5) is 28.0. The largest absolute Gasteiger partial charge is 0.352 e. The number of aromatic nitrogens is 2. The first-order valence-electron chi connectivity index (χ1n) is 12.1. The van der Waals surface area contributed by atoms with Crippen LogP contribution in [-0.2, 0) is 15.0 Å². The third kappa shape index (κ3) is 5.05. The highest BCUT2D eigenvalue weighted by Crippen LogP contribution is 2.49. The molecule has 0 aliphatic carbocycles. The number of rotatable bonds is 5. The van der Waals surface area contributed by atoms with Crippen LogP contribution in [0.5, 0.6) is 0 Å². The number of fused-ring (bicyclic) bond motifs is 1. The molecule has 8 heteroatoms. The topological polar surface area (TPSA) is 67.2 Å². The van der Waals surface area contributed by atoms with Gasteiger partial charge in [0, 0.05) is 22.6 Å². The van der Waals surface area contributed by atoms with E-state index in [2.05, 4.69) is 26.1 Å². The summed E-state index contributed by atoms with van der Waals surface area (Å²) >= 11 is 1.37. The van der Waals surface area contributed by atoms with Gasteiger partial charge in [-0.2, -0.15) is 5.10 Å². The first-order chi connectivity index (χ1) is 17.0. The molecule has 0 spiro atoms. The molecule has 4 rings (SSSR count). The minimum atomic E-state index is -0.463. The van der Waals surface area contributed by atoms with Crippen LogP contribution in [0.25, 0.3) is 5.69 Å². The van der Waals surface area contributed by atoms with E-state index in [0.717, 1.165) is 22.5 Å². The molecule has 6 nitrogen and oxygen atoms in total. The molecule has 3 aromatic rings. The summed E-state index contributed by atoms with van der Waals surface area (Å²) in [5, 5.41) is 7.48. The third-order valence-electron chi connectivity index (χ3n) is 6.08. The Labute approximate surface area is 216 Å². The molecule has 1 unspecified atom stereocenters. The minimum absolute atomic E-state index is 0.0639. The van der Waals surface area contributed by atoms with Gasteiger partial charge >= 0.3 is 0 Å². The molecular weight excluding hydrogens is 475 g/mol. The summed E-state index contributed by atoms with van der Waals surface area (Å²) in [6.45, 7) is 11.8. The Morgan fingerprint density at radius 2 is 1.83 bits per heavy atom. The lowest BCUT2D eigenvalue weighted by Crippen LogP contribution is -2.44. The van der Waals surface area contributed by atoms with E-state index in [1.165, 1.54) is 22.7 Å². The van der Waals surface area contributed by atoms with E-state index in [1.54, 1.807) is 16.8 Å². The predicted octanol–water partition coefficient (Wildman–Crippen LogP) is 5.31. The monoisotopic (exact) mass is 508 g/mol. The van der Waals surface area contributed by atoms with Crippen molar-refractivity contribution in [3.05, 3.63) is 76.7 Å². The van der Waals surface area contributed by atoms with Crippen LogP contribution in [0.15, 0.2) is 48.5 Å². The van der Waals surface area contributed by atoms with Crippen molar-refractivity contribution < 1.29 is 14.0 Å². The van der Waals surface area contributed by atoms with Crippen molar-refractivity contribution in [3.8, 4) is 5.69 Å². The predicted molar refractivity (Wildman–Crippen MR) is 143 cm³/mol. The van der Waals surface area contributed by atoms with Gasteiger partial charge in [0.05, 0.1) is 22.4 Å². The van der Waals surface area contributed by atoms with Crippen molar-refractivity contribution in [2.24, 2.45) is 0 Å². The molecule has 0 fully saturated rings. The van der Waals surface area contributed by atoms with Crippen molar-refractivity contribution in [3.63, 3.8) is 0 Å². The Bertz CT molecular complexity index is 1290. The number of hydrogen-bond donors (Lipinski definition) is 1. The van der Waals surface area contributed by atoms with Gasteiger partial charge in [0.1, 0.15) is 18.2 Å². The zero-order valence-corrected chi connectivity index (χ0v) is 22.4. The quantitative estimate of drug-likeness (QED) is 0.507. The number of benzene rings is 2. The standard InChI is InChI=1S/C28H33FN4O2S/c1-17(2)30-22(34)15-32-23(35)16-36-25(19-12-8-9-13-20(19)29)24-26(28(4,5)6)31-33(27(24)32)21-14-10-7-11-18(21)3/h7-14,17,25H,15-16H2,1-6H3,(H,30,34). The molecule has 1 atom stereocenters. The molecule has 1 N–H and O–H groups in total. The smallest absolute Gasteiger partial charge is 0.240 e. The number of aryl methyl sites for hydroxylation is 1. The van der Waals surface area contributed by atoms with Crippen LogP contribution in [0.4, 0.5) is 10.2 Å². The summed E-state index contributed by atoms with van der Waals surface area (Å²) in [6.07, 6.45) is 0. The van der Waals surface area contributed by atoms with Crippen molar-refractivity contribution in [1.82, 2.24) is 15.1 Å². The van der Waals surface area contributed by atoms with E-state index in [1.807, 2.05) is 51.1 Å². The number of halogens is 1. The molecule has 1 aromatic heterocycles. The van der Waals surface area contributed by atoms with Crippen molar-refractivity contribution in [2.75, 3.05) is 17.2 Å². The number of amides is 2. The van der Waals surface area contributed by atoms with Crippen molar-refractivity contribution in [1.29, 1.82) is 0 Å². The summed E-state index contributed by atoms with van der Waals surface area (Å²) in [5.74, 6) is -0.165. The number of carbonyl (C=O) groups is 2. The highest BCUT2D eigenvalue weighted by molar-refractivity contribution is 8.00. The lowest BCUT2D eigenvalue weighted by atomic mass is 9.87. The lowest BCUT2D eigenvalue weighted by molar-refractivity contribution is -0.123. The Kier molecular flexibility index (Phi) is 7.27. The van der Waals surface area contributed by atoms with E-state index in [0.29, 0.717) is 11.4 Å². The highest BCUT2D eigenvalue weighted by atomic mass is 32.2.